The first-order valence-electron chi connectivity index (χ1n) is 6.26. The van der Waals surface area contributed by atoms with Gasteiger partial charge < -0.3 is 16.8 Å². The zero-order valence-electron chi connectivity index (χ0n) is 10.7. The summed E-state index contributed by atoms with van der Waals surface area (Å²) >= 11 is 1.31. The molecular formula is C14H14N4OS. The van der Waals surface area contributed by atoms with Crippen molar-refractivity contribution >= 4 is 44.1 Å². The van der Waals surface area contributed by atoms with Crippen LogP contribution in [0.1, 0.15) is 9.67 Å². The van der Waals surface area contributed by atoms with Crippen molar-refractivity contribution in [3.05, 3.63) is 35.2 Å². The molecule has 5 N–H and O–H groups in total. The van der Waals surface area contributed by atoms with Crippen LogP contribution in [-0.4, -0.2) is 24.0 Å². The van der Waals surface area contributed by atoms with Crippen LogP contribution in [0, 0.1) is 0 Å². The molecule has 0 saturated heterocycles. The van der Waals surface area contributed by atoms with Crippen molar-refractivity contribution in [2.75, 3.05) is 18.8 Å². The summed E-state index contributed by atoms with van der Waals surface area (Å²) in [4.78, 5) is 17.9. The van der Waals surface area contributed by atoms with Crippen molar-refractivity contribution < 1.29 is 4.79 Å². The Morgan fingerprint density at radius 3 is 2.95 bits per heavy atom. The molecule has 0 fully saturated rings. The summed E-state index contributed by atoms with van der Waals surface area (Å²) in [6.45, 7) is 0.834. The largest absolute Gasteiger partial charge is 0.397 e. The van der Waals surface area contributed by atoms with Gasteiger partial charge in [0.15, 0.2) is 0 Å². The van der Waals surface area contributed by atoms with Crippen molar-refractivity contribution in [3.8, 4) is 0 Å². The molecule has 0 saturated carbocycles. The van der Waals surface area contributed by atoms with Gasteiger partial charge in [0.1, 0.15) is 9.71 Å². The number of fused-ring (bicyclic) bond motifs is 2. The Morgan fingerprint density at radius 2 is 2.15 bits per heavy atom. The lowest BCUT2D eigenvalue weighted by Crippen LogP contribution is -2.28. The first-order valence-corrected chi connectivity index (χ1v) is 7.08. The van der Waals surface area contributed by atoms with Gasteiger partial charge >= 0.3 is 0 Å². The molecule has 0 spiro atoms. The van der Waals surface area contributed by atoms with Crippen LogP contribution in [0.5, 0.6) is 0 Å². The van der Waals surface area contributed by atoms with Crippen LogP contribution in [0.4, 0.5) is 5.69 Å². The number of para-hydroxylation sites is 1. The van der Waals surface area contributed by atoms with E-state index in [0.29, 0.717) is 23.7 Å². The Labute approximate surface area is 119 Å². The van der Waals surface area contributed by atoms with Gasteiger partial charge in [0.2, 0.25) is 0 Å². The highest BCUT2D eigenvalue weighted by atomic mass is 32.1. The predicted octanol–water partition coefficient (Wildman–Crippen LogP) is 1.72. The summed E-state index contributed by atoms with van der Waals surface area (Å²) < 4.78 is 0. The lowest BCUT2D eigenvalue weighted by Gasteiger charge is -2.01. The minimum Gasteiger partial charge on any atom is -0.397 e. The molecule has 5 nitrogen and oxygen atoms in total. The lowest BCUT2D eigenvalue weighted by atomic mass is 10.1. The SMILES string of the molecule is NCCNC(=O)c1sc2nc3ccccc3cc2c1N. The van der Waals surface area contributed by atoms with Crippen LogP contribution in [0.25, 0.3) is 21.1 Å². The van der Waals surface area contributed by atoms with E-state index in [1.54, 1.807) is 0 Å². The Hall–Kier alpha value is -2.18. The highest BCUT2D eigenvalue weighted by Gasteiger charge is 2.17. The van der Waals surface area contributed by atoms with Gasteiger partial charge in [-0.05, 0) is 12.1 Å². The van der Waals surface area contributed by atoms with E-state index in [4.69, 9.17) is 11.5 Å². The molecule has 0 bridgehead atoms. The second kappa shape index (κ2) is 5.07. The van der Waals surface area contributed by atoms with Crippen molar-refractivity contribution in [2.45, 2.75) is 0 Å². The summed E-state index contributed by atoms with van der Waals surface area (Å²) in [5, 5.41) is 4.57. The van der Waals surface area contributed by atoms with Crippen molar-refractivity contribution in [1.29, 1.82) is 0 Å². The van der Waals surface area contributed by atoms with Gasteiger partial charge in [-0.3, -0.25) is 4.79 Å². The van der Waals surface area contributed by atoms with Crippen LogP contribution in [0.3, 0.4) is 0 Å². The molecule has 6 heteroatoms. The maximum absolute atomic E-state index is 12.0. The summed E-state index contributed by atoms with van der Waals surface area (Å²) in [6, 6.07) is 9.79. The van der Waals surface area contributed by atoms with Gasteiger partial charge in [0, 0.05) is 23.9 Å². The molecule has 1 amide bonds. The number of anilines is 1. The quantitative estimate of drug-likeness (QED) is 0.683. The van der Waals surface area contributed by atoms with Crippen LogP contribution in [-0.2, 0) is 0 Å². The number of thiophene rings is 1. The molecule has 3 aromatic rings. The average Bonchev–Trinajstić information content (AvgIpc) is 2.79. The molecule has 20 heavy (non-hydrogen) atoms. The average molecular weight is 286 g/mol. The Balaban J connectivity index is 2.13. The van der Waals surface area contributed by atoms with Gasteiger partial charge in [-0.2, -0.15) is 0 Å². The fraction of sp³-hybridized carbons (Fsp3) is 0.143. The topological polar surface area (TPSA) is 94.0 Å². The number of nitrogen functional groups attached to an aromatic ring is 1. The fourth-order valence-corrected chi connectivity index (χ4v) is 3.08. The smallest absolute Gasteiger partial charge is 0.263 e. The first-order chi connectivity index (χ1) is 9.70. The van der Waals surface area contributed by atoms with Crippen molar-refractivity contribution in [1.82, 2.24) is 10.3 Å². The number of hydrogen-bond acceptors (Lipinski definition) is 5. The van der Waals surface area contributed by atoms with Gasteiger partial charge in [0.25, 0.3) is 5.91 Å². The van der Waals surface area contributed by atoms with E-state index in [0.717, 1.165) is 21.1 Å². The molecule has 0 aliphatic heterocycles. The van der Waals surface area contributed by atoms with Crippen LogP contribution < -0.4 is 16.8 Å². The zero-order valence-corrected chi connectivity index (χ0v) is 11.5. The predicted molar refractivity (Wildman–Crippen MR) is 82.9 cm³/mol. The number of nitrogens with two attached hydrogens (primary N) is 2. The van der Waals surface area contributed by atoms with E-state index >= 15 is 0 Å². The third-order valence-corrected chi connectivity index (χ3v) is 4.17. The molecule has 0 atom stereocenters. The molecular weight excluding hydrogens is 272 g/mol. The summed E-state index contributed by atoms with van der Waals surface area (Å²) in [7, 11) is 0. The highest BCUT2D eigenvalue weighted by molar-refractivity contribution is 7.21. The van der Waals surface area contributed by atoms with Gasteiger partial charge in [0.05, 0.1) is 11.2 Å². The second-order valence-corrected chi connectivity index (χ2v) is 5.42. The molecule has 2 aromatic heterocycles. The minimum atomic E-state index is -0.194. The normalized spacial score (nSPS) is 11.1. The molecule has 0 aliphatic rings. The molecule has 0 radical (unpaired) electrons. The van der Waals surface area contributed by atoms with Gasteiger partial charge in [-0.15, -0.1) is 11.3 Å². The number of nitrogens with one attached hydrogen (secondary N) is 1. The molecule has 0 unspecified atom stereocenters. The van der Waals surface area contributed by atoms with E-state index in [2.05, 4.69) is 10.3 Å². The number of nitrogens with zero attached hydrogens (tertiary/aromatic N) is 1. The summed E-state index contributed by atoms with van der Waals surface area (Å²) in [5.41, 5.74) is 12.8. The minimum absolute atomic E-state index is 0.194. The third kappa shape index (κ3) is 2.09. The van der Waals surface area contributed by atoms with E-state index in [1.165, 1.54) is 11.3 Å². The van der Waals surface area contributed by atoms with E-state index in [1.807, 2.05) is 30.3 Å². The molecule has 0 aliphatic carbocycles. The monoisotopic (exact) mass is 286 g/mol. The number of rotatable bonds is 3. The molecule has 2 heterocycles. The van der Waals surface area contributed by atoms with Crippen molar-refractivity contribution in [3.63, 3.8) is 0 Å². The number of pyridine rings is 1. The number of aromatic nitrogens is 1. The third-order valence-electron chi connectivity index (χ3n) is 3.06. The van der Waals surface area contributed by atoms with E-state index in [-0.39, 0.29) is 5.91 Å². The van der Waals surface area contributed by atoms with Gasteiger partial charge in [-0.25, -0.2) is 4.98 Å². The highest BCUT2D eigenvalue weighted by Crippen LogP contribution is 2.34. The Kier molecular flexibility index (Phi) is 3.25. The number of amides is 1. The second-order valence-electron chi connectivity index (χ2n) is 4.42. The summed E-state index contributed by atoms with van der Waals surface area (Å²) in [5.74, 6) is -0.194. The zero-order chi connectivity index (χ0) is 14.1. The standard InChI is InChI=1S/C14H14N4OS/c15-5-6-17-13(19)12-11(16)9-7-8-3-1-2-4-10(8)18-14(9)20-12/h1-4,7H,5-6,15-16H2,(H,17,19). The van der Waals surface area contributed by atoms with Crippen LogP contribution in [0.2, 0.25) is 0 Å². The number of benzene rings is 1. The van der Waals surface area contributed by atoms with E-state index < -0.39 is 0 Å². The van der Waals surface area contributed by atoms with E-state index in [9.17, 15) is 4.79 Å². The maximum atomic E-state index is 12.0. The number of carbonyl (C=O) groups excluding carboxylic acids is 1. The number of hydrogen-bond donors (Lipinski definition) is 3. The summed E-state index contributed by atoms with van der Waals surface area (Å²) in [6.07, 6.45) is 0. The van der Waals surface area contributed by atoms with Crippen molar-refractivity contribution in [2.24, 2.45) is 5.73 Å². The molecule has 3 rings (SSSR count). The lowest BCUT2D eigenvalue weighted by molar-refractivity contribution is 0.0959. The van der Waals surface area contributed by atoms with Gasteiger partial charge in [-0.1, -0.05) is 18.2 Å². The Bertz CT molecular complexity index is 796. The van der Waals surface area contributed by atoms with Crippen LogP contribution in [0.15, 0.2) is 30.3 Å². The molecule has 1 aromatic carbocycles. The first kappa shape index (κ1) is 12.8. The fourth-order valence-electron chi connectivity index (χ4n) is 2.08. The maximum Gasteiger partial charge on any atom is 0.263 e. The Morgan fingerprint density at radius 1 is 1.35 bits per heavy atom. The van der Waals surface area contributed by atoms with Crippen LogP contribution >= 0.6 is 11.3 Å². The molecule has 102 valence electrons. The number of carbonyl (C=O) groups is 1.